The Bertz CT molecular complexity index is 1350. The maximum Gasteiger partial charge on any atom is 0.490 e. The minimum absolute atomic E-state index is 0.0301. The summed E-state index contributed by atoms with van der Waals surface area (Å²) in [6.45, 7) is 3.99. The summed E-state index contributed by atoms with van der Waals surface area (Å²) in [5.41, 5.74) is 3.24. The number of hydrogen-bond acceptors (Lipinski definition) is 5. The number of pyridine rings is 1. The van der Waals surface area contributed by atoms with Gasteiger partial charge in [-0.05, 0) is 49.6 Å². The van der Waals surface area contributed by atoms with Crippen molar-refractivity contribution >= 4 is 28.9 Å². The molecule has 2 aromatic heterocycles. The summed E-state index contributed by atoms with van der Waals surface area (Å²) >= 11 is 0. The van der Waals surface area contributed by atoms with Crippen LogP contribution in [0.15, 0.2) is 18.2 Å². The fourth-order valence-corrected chi connectivity index (χ4v) is 3.91. The van der Waals surface area contributed by atoms with Crippen LogP contribution in [0.5, 0.6) is 0 Å². The van der Waals surface area contributed by atoms with E-state index < -0.39 is 23.9 Å². The molecule has 0 bridgehead atoms. The summed E-state index contributed by atoms with van der Waals surface area (Å²) in [7, 11) is 1.77. The van der Waals surface area contributed by atoms with Gasteiger partial charge in [-0.1, -0.05) is 0 Å². The van der Waals surface area contributed by atoms with E-state index in [2.05, 4.69) is 10.1 Å². The summed E-state index contributed by atoms with van der Waals surface area (Å²) in [5, 5.41) is 21.6. The van der Waals surface area contributed by atoms with Crippen molar-refractivity contribution in [1.82, 2.24) is 19.7 Å². The molecule has 4 rings (SSSR count). The molecule has 0 radical (unpaired) electrons. The molecule has 1 aromatic carbocycles. The number of aromatic carboxylic acids is 1. The summed E-state index contributed by atoms with van der Waals surface area (Å²) in [6.07, 6.45) is -4.81. The molecule has 9 nitrogen and oxygen atoms in total. The number of carboxylic acids is 2. The molecular weight excluding hydrogens is 476 g/mol. The second-order valence-corrected chi connectivity index (χ2v) is 7.86. The van der Waals surface area contributed by atoms with Gasteiger partial charge in [0.2, 0.25) is 0 Å². The molecule has 35 heavy (non-hydrogen) atoms. The Morgan fingerprint density at radius 2 is 1.69 bits per heavy atom. The quantitative estimate of drug-likeness (QED) is 0.522. The van der Waals surface area contributed by atoms with Gasteiger partial charge in [-0.15, -0.1) is 0 Å². The van der Waals surface area contributed by atoms with Gasteiger partial charge in [0.15, 0.2) is 5.65 Å². The number of aryl methyl sites for hydroxylation is 3. The van der Waals surface area contributed by atoms with Gasteiger partial charge in [-0.25, -0.2) is 19.0 Å². The largest absolute Gasteiger partial charge is 0.490 e. The monoisotopic (exact) mass is 496 g/mol. The Morgan fingerprint density at radius 1 is 1.06 bits per heavy atom. The number of aromatic nitrogens is 3. The fourth-order valence-electron chi connectivity index (χ4n) is 3.91. The van der Waals surface area contributed by atoms with Crippen molar-refractivity contribution in [1.29, 1.82) is 0 Å². The molecule has 13 heteroatoms. The maximum atomic E-state index is 14.2. The van der Waals surface area contributed by atoms with Gasteiger partial charge >= 0.3 is 18.1 Å². The predicted octanol–water partition coefficient (Wildman–Crippen LogP) is 3.25. The van der Waals surface area contributed by atoms with Gasteiger partial charge in [0.25, 0.3) is 5.91 Å². The fraction of sp³-hybridized carbons (Fsp3) is 0.318. The van der Waals surface area contributed by atoms with E-state index in [1.807, 2.05) is 13.8 Å². The van der Waals surface area contributed by atoms with E-state index in [1.165, 1.54) is 12.1 Å². The second kappa shape index (κ2) is 9.31. The number of amides is 1. The third-order valence-electron chi connectivity index (χ3n) is 5.44. The molecule has 0 unspecified atom stereocenters. The van der Waals surface area contributed by atoms with Crippen LogP contribution in [0, 0.1) is 19.7 Å². The third-order valence-corrected chi connectivity index (χ3v) is 5.44. The van der Waals surface area contributed by atoms with Gasteiger partial charge in [-0.3, -0.25) is 9.48 Å². The zero-order valence-electron chi connectivity index (χ0n) is 18.8. The number of alkyl halides is 3. The highest BCUT2D eigenvalue weighted by Gasteiger charge is 2.38. The van der Waals surface area contributed by atoms with Crippen molar-refractivity contribution in [3.8, 4) is 0 Å². The highest BCUT2D eigenvalue weighted by molar-refractivity contribution is 6.06. The second-order valence-electron chi connectivity index (χ2n) is 7.86. The Hall–Kier alpha value is -4.03. The van der Waals surface area contributed by atoms with Crippen LogP contribution in [-0.2, 0) is 24.8 Å². The van der Waals surface area contributed by atoms with E-state index in [0.29, 0.717) is 45.7 Å². The number of carbonyl (C=O) groups is 3. The maximum absolute atomic E-state index is 14.2. The van der Waals surface area contributed by atoms with Crippen molar-refractivity contribution in [2.75, 3.05) is 6.54 Å². The predicted molar refractivity (Wildman–Crippen MR) is 113 cm³/mol. The lowest BCUT2D eigenvalue weighted by atomic mass is 9.93. The Balaban J connectivity index is 0.000000429. The first kappa shape index (κ1) is 25.6. The average molecular weight is 496 g/mol. The molecule has 186 valence electrons. The van der Waals surface area contributed by atoms with Crippen molar-refractivity contribution < 1.29 is 42.2 Å². The summed E-state index contributed by atoms with van der Waals surface area (Å²) < 4.78 is 47.5. The molecule has 3 aromatic rings. The molecular formula is C22H20F4N4O5. The minimum Gasteiger partial charge on any atom is -0.478 e. The summed E-state index contributed by atoms with van der Waals surface area (Å²) in [5.74, 6) is -4.56. The number of aliphatic carboxylic acids is 1. The van der Waals surface area contributed by atoms with E-state index in [4.69, 9.17) is 9.90 Å². The first-order valence-corrected chi connectivity index (χ1v) is 10.2. The lowest BCUT2D eigenvalue weighted by Gasteiger charge is -2.30. The standard InChI is InChI=1S/C20H19FN4O3.C2HF3O2/c1-10-8-14(17-11(2)23-24(3)18(17)22-10)19(26)25-7-6-12-15(9-25)13(20(27)28)4-5-16(12)21;3-2(4,5)1(6)7/h4-5,8H,6-7,9H2,1-3H3,(H,27,28);(H,6,7). The van der Waals surface area contributed by atoms with E-state index in [0.717, 1.165) is 0 Å². The smallest absolute Gasteiger partial charge is 0.478 e. The van der Waals surface area contributed by atoms with Crippen LogP contribution < -0.4 is 0 Å². The molecule has 1 aliphatic rings. The molecule has 2 N–H and O–H groups in total. The molecule has 0 atom stereocenters. The zero-order valence-corrected chi connectivity index (χ0v) is 18.8. The first-order chi connectivity index (χ1) is 16.2. The number of fused-ring (bicyclic) bond motifs is 2. The first-order valence-electron chi connectivity index (χ1n) is 10.2. The topological polar surface area (TPSA) is 126 Å². The molecule has 0 spiro atoms. The highest BCUT2D eigenvalue weighted by Crippen LogP contribution is 2.29. The van der Waals surface area contributed by atoms with E-state index in [-0.39, 0.29) is 24.4 Å². The van der Waals surface area contributed by atoms with E-state index >= 15 is 0 Å². The molecule has 0 fully saturated rings. The number of carboxylic acid groups (broad SMARTS) is 2. The van der Waals surface area contributed by atoms with Crippen molar-refractivity contribution in [2.24, 2.45) is 7.05 Å². The van der Waals surface area contributed by atoms with Crippen LogP contribution in [0.3, 0.4) is 0 Å². The van der Waals surface area contributed by atoms with Crippen molar-refractivity contribution in [3.05, 3.63) is 57.7 Å². The molecule has 0 saturated carbocycles. The molecule has 0 saturated heterocycles. The number of nitrogens with zero attached hydrogens (tertiary/aromatic N) is 4. The molecule has 0 aliphatic carbocycles. The average Bonchev–Trinajstić information content (AvgIpc) is 3.05. The van der Waals surface area contributed by atoms with Gasteiger partial charge in [0.1, 0.15) is 5.82 Å². The summed E-state index contributed by atoms with van der Waals surface area (Å²) in [6, 6.07) is 4.15. The zero-order chi connectivity index (χ0) is 26.2. The van der Waals surface area contributed by atoms with Crippen LogP contribution in [0.1, 0.15) is 43.2 Å². The minimum atomic E-state index is -5.08. The number of carbonyl (C=O) groups excluding carboxylic acids is 1. The molecule has 1 aliphatic heterocycles. The van der Waals surface area contributed by atoms with E-state index in [1.54, 1.807) is 22.7 Å². The molecule has 3 heterocycles. The number of hydrogen-bond donors (Lipinski definition) is 2. The number of benzene rings is 1. The van der Waals surface area contributed by atoms with Gasteiger partial charge in [-0.2, -0.15) is 18.3 Å². The van der Waals surface area contributed by atoms with Gasteiger partial charge < -0.3 is 15.1 Å². The van der Waals surface area contributed by atoms with Crippen LogP contribution >= 0.6 is 0 Å². The van der Waals surface area contributed by atoms with E-state index in [9.17, 15) is 32.3 Å². The third kappa shape index (κ3) is 5.08. The van der Waals surface area contributed by atoms with Gasteiger partial charge in [0, 0.05) is 25.8 Å². The molecule has 1 amide bonds. The van der Waals surface area contributed by atoms with Crippen LogP contribution in [-0.4, -0.2) is 60.4 Å². The van der Waals surface area contributed by atoms with Crippen molar-refractivity contribution in [3.63, 3.8) is 0 Å². The normalized spacial score (nSPS) is 13.2. The Kier molecular flexibility index (Phi) is 6.81. The Labute approximate surface area is 195 Å². The van der Waals surface area contributed by atoms with Gasteiger partial charge in [0.05, 0.1) is 22.2 Å². The number of halogens is 4. The lowest BCUT2D eigenvalue weighted by Crippen LogP contribution is -2.37. The lowest BCUT2D eigenvalue weighted by molar-refractivity contribution is -0.192. The Morgan fingerprint density at radius 3 is 2.26 bits per heavy atom. The number of rotatable bonds is 2. The van der Waals surface area contributed by atoms with Crippen LogP contribution in [0.2, 0.25) is 0 Å². The SMILES string of the molecule is Cc1cc(C(=O)N2CCc3c(F)ccc(C(=O)O)c3C2)c2c(C)nn(C)c2n1.O=C(O)C(F)(F)F. The highest BCUT2D eigenvalue weighted by atomic mass is 19.4. The summed E-state index contributed by atoms with van der Waals surface area (Å²) in [4.78, 5) is 39.8. The van der Waals surface area contributed by atoms with Crippen molar-refractivity contribution in [2.45, 2.75) is 33.0 Å². The van der Waals surface area contributed by atoms with Crippen LogP contribution in [0.25, 0.3) is 11.0 Å². The van der Waals surface area contributed by atoms with Crippen LogP contribution in [0.4, 0.5) is 17.6 Å².